The van der Waals surface area contributed by atoms with Crippen molar-refractivity contribution < 1.29 is 10.2 Å². The smallest absolute Gasteiger partial charge is 0.233 e. The second-order valence-electron chi connectivity index (χ2n) is 4.68. The summed E-state index contributed by atoms with van der Waals surface area (Å²) in [6.07, 6.45) is 0. The standard InChI is InChI=1S/C15H14N6O2/c16-13-19-14(17-9-1-5-11(22)6-2-9)21-15(20-13)18-10-3-7-12(23)8-4-10/h1-8,22-23H,(H4,16,17,18,19,20,21). The van der Waals surface area contributed by atoms with Crippen LogP contribution in [0.3, 0.4) is 0 Å². The van der Waals surface area contributed by atoms with Crippen molar-refractivity contribution in [3.63, 3.8) is 0 Å². The Morgan fingerprint density at radius 3 is 1.43 bits per heavy atom. The van der Waals surface area contributed by atoms with Crippen LogP contribution in [0.5, 0.6) is 11.5 Å². The highest BCUT2D eigenvalue weighted by atomic mass is 16.3. The van der Waals surface area contributed by atoms with Gasteiger partial charge in [0.15, 0.2) is 0 Å². The minimum absolute atomic E-state index is 0.0579. The van der Waals surface area contributed by atoms with Gasteiger partial charge in [0.1, 0.15) is 11.5 Å². The van der Waals surface area contributed by atoms with Gasteiger partial charge in [-0.2, -0.15) is 15.0 Å². The average molecular weight is 310 g/mol. The Morgan fingerprint density at radius 2 is 1.04 bits per heavy atom. The van der Waals surface area contributed by atoms with Crippen LogP contribution in [0.25, 0.3) is 0 Å². The quantitative estimate of drug-likeness (QED) is 0.464. The topological polar surface area (TPSA) is 129 Å². The number of phenols is 2. The van der Waals surface area contributed by atoms with Crippen LogP contribution in [0.15, 0.2) is 48.5 Å². The Labute approximate surface area is 131 Å². The molecule has 3 rings (SSSR count). The minimum Gasteiger partial charge on any atom is -0.508 e. The maximum absolute atomic E-state index is 9.28. The van der Waals surface area contributed by atoms with E-state index >= 15 is 0 Å². The third-order valence-electron chi connectivity index (χ3n) is 2.90. The first kappa shape index (κ1) is 14.4. The SMILES string of the molecule is Nc1nc(Nc2ccc(O)cc2)nc(Nc2ccc(O)cc2)n1. The number of benzene rings is 2. The van der Waals surface area contributed by atoms with Crippen LogP contribution in [0, 0.1) is 0 Å². The number of hydrogen-bond donors (Lipinski definition) is 5. The molecule has 0 radical (unpaired) electrons. The molecule has 1 aromatic heterocycles. The molecular formula is C15H14N6O2. The van der Waals surface area contributed by atoms with Crippen LogP contribution in [0.2, 0.25) is 0 Å². The Balaban J connectivity index is 1.81. The number of rotatable bonds is 4. The number of phenolic OH excluding ortho intramolecular Hbond substituents is 2. The summed E-state index contributed by atoms with van der Waals surface area (Å²) in [7, 11) is 0. The van der Waals surface area contributed by atoms with E-state index in [2.05, 4.69) is 25.6 Å². The number of nitrogens with one attached hydrogen (secondary N) is 2. The molecule has 6 N–H and O–H groups in total. The molecule has 0 amide bonds. The van der Waals surface area contributed by atoms with E-state index in [9.17, 15) is 10.2 Å². The number of nitrogens with two attached hydrogens (primary N) is 1. The van der Waals surface area contributed by atoms with Crippen molar-refractivity contribution in [1.29, 1.82) is 0 Å². The number of nitrogens with zero attached hydrogens (tertiary/aromatic N) is 3. The normalized spacial score (nSPS) is 10.3. The van der Waals surface area contributed by atoms with Gasteiger partial charge < -0.3 is 26.6 Å². The molecule has 0 aliphatic carbocycles. The number of hydrogen-bond acceptors (Lipinski definition) is 8. The number of aromatic hydroxyl groups is 2. The van der Waals surface area contributed by atoms with Crippen LogP contribution in [0.1, 0.15) is 0 Å². The predicted octanol–water partition coefficient (Wildman–Crippen LogP) is 2.35. The Kier molecular flexibility index (Phi) is 3.79. The fourth-order valence-corrected chi connectivity index (χ4v) is 1.85. The molecule has 0 saturated heterocycles. The summed E-state index contributed by atoms with van der Waals surface area (Å²) in [6.45, 7) is 0. The van der Waals surface area contributed by atoms with E-state index in [0.29, 0.717) is 11.4 Å². The molecule has 23 heavy (non-hydrogen) atoms. The summed E-state index contributed by atoms with van der Waals surface area (Å²) in [4.78, 5) is 12.2. The molecular weight excluding hydrogens is 296 g/mol. The van der Waals surface area contributed by atoms with E-state index in [1.165, 1.54) is 0 Å². The molecule has 8 heteroatoms. The van der Waals surface area contributed by atoms with Gasteiger partial charge in [0.25, 0.3) is 0 Å². The fourth-order valence-electron chi connectivity index (χ4n) is 1.85. The summed E-state index contributed by atoms with van der Waals surface area (Å²) < 4.78 is 0. The third-order valence-corrected chi connectivity index (χ3v) is 2.90. The average Bonchev–Trinajstić information content (AvgIpc) is 2.51. The van der Waals surface area contributed by atoms with Gasteiger partial charge >= 0.3 is 0 Å². The van der Waals surface area contributed by atoms with Gasteiger partial charge in [-0.25, -0.2) is 0 Å². The van der Waals surface area contributed by atoms with E-state index in [1.54, 1.807) is 48.5 Å². The van der Waals surface area contributed by atoms with Gasteiger partial charge in [-0.1, -0.05) is 0 Å². The van der Waals surface area contributed by atoms with Crippen LogP contribution in [0.4, 0.5) is 29.2 Å². The third kappa shape index (κ3) is 3.76. The number of anilines is 5. The fraction of sp³-hybridized carbons (Fsp3) is 0. The largest absolute Gasteiger partial charge is 0.508 e. The summed E-state index contributed by atoms with van der Waals surface area (Å²) in [5.74, 6) is 0.928. The van der Waals surface area contributed by atoms with Crippen LogP contribution in [-0.4, -0.2) is 25.2 Å². The first-order valence-electron chi connectivity index (χ1n) is 6.72. The van der Waals surface area contributed by atoms with Crippen LogP contribution >= 0.6 is 0 Å². The molecule has 0 atom stereocenters. The lowest BCUT2D eigenvalue weighted by Gasteiger charge is -2.09. The highest BCUT2D eigenvalue weighted by Crippen LogP contribution is 2.20. The summed E-state index contributed by atoms with van der Waals surface area (Å²) in [6, 6.07) is 12.9. The second kappa shape index (κ2) is 6.06. The number of aromatic nitrogens is 3. The van der Waals surface area contributed by atoms with E-state index in [1.807, 2.05) is 0 Å². The van der Waals surface area contributed by atoms with Gasteiger partial charge in [-0.3, -0.25) is 0 Å². The van der Waals surface area contributed by atoms with E-state index in [0.717, 1.165) is 0 Å². The molecule has 0 fully saturated rings. The maximum Gasteiger partial charge on any atom is 0.233 e. The molecule has 3 aromatic rings. The van der Waals surface area contributed by atoms with Gasteiger partial charge in [-0.05, 0) is 48.5 Å². The monoisotopic (exact) mass is 310 g/mol. The lowest BCUT2D eigenvalue weighted by molar-refractivity contribution is 0.475. The van der Waals surface area contributed by atoms with E-state index < -0.39 is 0 Å². The predicted molar refractivity (Wildman–Crippen MR) is 87.0 cm³/mol. The molecule has 0 aliphatic rings. The second-order valence-corrected chi connectivity index (χ2v) is 4.68. The lowest BCUT2D eigenvalue weighted by atomic mass is 10.3. The summed E-state index contributed by atoms with van der Waals surface area (Å²) in [5, 5.41) is 24.5. The molecule has 0 bridgehead atoms. The molecule has 0 aliphatic heterocycles. The minimum atomic E-state index is 0.0579. The highest BCUT2D eigenvalue weighted by Gasteiger charge is 2.06. The van der Waals surface area contributed by atoms with Crippen molar-refractivity contribution in [2.75, 3.05) is 16.4 Å². The first-order chi connectivity index (χ1) is 11.1. The molecule has 2 aromatic carbocycles. The maximum atomic E-state index is 9.28. The van der Waals surface area contributed by atoms with E-state index in [-0.39, 0.29) is 29.3 Å². The van der Waals surface area contributed by atoms with Gasteiger partial charge in [0.05, 0.1) is 0 Å². The molecule has 0 unspecified atom stereocenters. The van der Waals surface area contributed by atoms with Crippen LogP contribution < -0.4 is 16.4 Å². The van der Waals surface area contributed by atoms with Crippen molar-refractivity contribution in [3.05, 3.63) is 48.5 Å². The Bertz CT molecular complexity index is 739. The Morgan fingerprint density at radius 1 is 0.652 bits per heavy atom. The van der Waals surface area contributed by atoms with Crippen molar-refractivity contribution >= 4 is 29.2 Å². The molecule has 0 saturated carbocycles. The van der Waals surface area contributed by atoms with E-state index in [4.69, 9.17) is 5.73 Å². The van der Waals surface area contributed by atoms with Gasteiger partial charge in [0.2, 0.25) is 17.8 Å². The first-order valence-corrected chi connectivity index (χ1v) is 6.72. The summed E-state index contributed by atoms with van der Waals surface area (Å²) in [5.41, 5.74) is 7.09. The zero-order chi connectivity index (χ0) is 16.2. The Hall–Kier alpha value is -3.55. The van der Waals surface area contributed by atoms with Crippen molar-refractivity contribution in [2.24, 2.45) is 0 Å². The van der Waals surface area contributed by atoms with Crippen molar-refractivity contribution in [3.8, 4) is 11.5 Å². The van der Waals surface area contributed by atoms with Crippen molar-refractivity contribution in [1.82, 2.24) is 15.0 Å². The zero-order valence-corrected chi connectivity index (χ0v) is 11.9. The molecule has 1 heterocycles. The zero-order valence-electron chi connectivity index (χ0n) is 11.9. The van der Waals surface area contributed by atoms with Gasteiger partial charge in [0, 0.05) is 11.4 Å². The summed E-state index contributed by atoms with van der Waals surface area (Å²) >= 11 is 0. The lowest BCUT2D eigenvalue weighted by Crippen LogP contribution is -2.06. The highest BCUT2D eigenvalue weighted by molar-refractivity contribution is 5.59. The molecule has 0 spiro atoms. The van der Waals surface area contributed by atoms with Gasteiger partial charge in [-0.15, -0.1) is 0 Å². The molecule has 116 valence electrons. The molecule has 8 nitrogen and oxygen atoms in total. The number of nitrogen functional groups attached to an aromatic ring is 1. The van der Waals surface area contributed by atoms with Crippen LogP contribution in [-0.2, 0) is 0 Å². The van der Waals surface area contributed by atoms with Crippen molar-refractivity contribution in [2.45, 2.75) is 0 Å².